The standard InChI is InChI=1S/C17H20ClN3O3S/c1-3-12(2)21-25(23,24)16-10-8-15(9-11-16)20-17(22)19-14-6-4-13(18)5-7-14/h4-12,21H,3H2,1-2H3,(H2,19,20,22). The van der Waals surface area contributed by atoms with E-state index in [0.717, 1.165) is 0 Å². The molecule has 0 fully saturated rings. The maximum absolute atomic E-state index is 12.2. The molecule has 134 valence electrons. The highest BCUT2D eigenvalue weighted by Gasteiger charge is 2.16. The van der Waals surface area contributed by atoms with Gasteiger partial charge in [0.25, 0.3) is 0 Å². The summed E-state index contributed by atoms with van der Waals surface area (Å²) in [7, 11) is -3.56. The highest BCUT2D eigenvalue weighted by atomic mass is 35.5. The van der Waals surface area contributed by atoms with Crippen LogP contribution in [0.5, 0.6) is 0 Å². The Labute approximate surface area is 152 Å². The molecule has 0 spiro atoms. The first-order valence-corrected chi connectivity index (χ1v) is 9.62. The Balaban J connectivity index is 2.00. The highest BCUT2D eigenvalue weighted by Crippen LogP contribution is 2.16. The van der Waals surface area contributed by atoms with Gasteiger partial charge in [-0.05, 0) is 61.9 Å². The fourth-order valence-corrected chi connectivity index (χ4v) is 3.41. The summed E-state index contributed by atoms with van der Waals surface area (Å²) in [6.45, 7) is 3.70. The molecule has 0 heterocycles. The number of benzene rings is 2. The number of rotatable bonds is 6. The van der Waals surface area contributed by atoms with Crippen LogP contribution in [-0.4, -0.2) is 20.5 Å². The van der Waals surface area contributed by atoms with Crippen LogP contribution in [0.2, 0.25) is 5.02 Å². The minimum Gasteiger partial charge on any atom is -0.308 e. The lowest BCUT2D eigenvalue weighted by Crippen LogP contribution is -2.31. The van der Waals surface area contributed by atoms with Crippen LogP contribution in [0.4, 0.5) is 16.2 Å². The van der Waals surface area contributed by atoms with E-state index in [0.29, 0.717) is 22.8 Å². The van der Waals surface area contributed by atoms with Crippen LogP contribution in [0.3, 0.4) is 0 Å². The second kappa shape index (κ2) is 8.33. The number of urea groups is 1. The van der Waals surface area contributed by atoms with Gasteiger partial charge in [0.15, 0.2) is 0 Å². The fourth-order valence-electron chi connectivity index (χ4n) is 1.96. The zero-order chi connectivity index (χ0) is 18.4. The van der Waals surface area contributed by atoms with Crippen LogP contribution in [0.15, 0.2) is 53.4 Å². The molecule has 0 aliphatic carbocycles. The van der Waals surface area contributed by atoms with Crippen molar-refractivity contribution in [1.29, 1.82) is 0 Å². The Hall–Kier alpha value is -2.09. The average molecular weight is 382 g/mol. The van der Waals surface area contributed by atoms with Crippen molar-refractivity contribution in [2.75, 3.05) is 10.6 Å². The maximum Gasteiger partial charge on any atom is 0.323 e. The zero-order valence-electron chi connectivity index (χ0n) is 13.9. The summed E-state index contributed by atoms with van der Waals surface area (Å²) in [6.07, 6.45) is 0.698. The van der Waals surface area contributed by atoms with Crippen LogP contribution in [-0.2, 0) is 10.0 Å². The van der Waals surface area contributed by atoms with Gasteiger partial charge in [-0.3, -0.25) is 0 Å². The van der Waals surface area contributed by atoms with Gasteiger partial charge in [0.2, 0.25) is 10.0 Å². The molecule has 0 bridgehead atoms. The smallest absolute Gasteiger partial charge is 0.308 e. The quantitative estimate of drug-likeness (QED) is 0.705. The summed E-state index contributed by atoms with van der Waals surface area (Å²) in [6, 6.07) is 12.1. The molecule has 2 amide bonds. The molecule has 0 radical (unpaired) electrons. The van der Waals surface area contributed by atoms with E-state index < -0.39 is 16.1 Å². The second-order valence-electron chi connectivity index (χ2n) is 5.54. The van der Waals surface area contributed by atoms with Gasteiger partial charge in [0, 0.05) is 22.4 Å². The average Bonchev–Trinajstić information content (AvgIpc) is 2.57. The topological polar surface area (TPSA) is 87.3 Å². The van der Waals surface area contributed by atoms with Crippen LogP contribution >= 0.6 is 11.6 Å². The van der Waals surface area contributed by atoms with Gasteiger partial charge >= 0.3 is 6.03 Å². The normalized spacial score (nSPS) is 12.4. The molecule has 0 aromatic heterocycles. The number of halogens is 1. The van der Waals surface area contributed by atoms with E-state index >= 15 is 0 Å². The molecule has 8 heteroatoms. The van der Waals surface area contributed by atoms with Crippen LogP contribution < -0.4 is 15.4 Å². The first kappa shape index (κ1) is 19.2. The van der Waals surface area contributed by atoms with E-state index in [-0.39, 0.29) is 10.9 Å². The number of hydrogen-bond acceptors (Lipinski definition) is 3. The van der Waals surface area contributed by atoms with Crippen molar-refractivity contribution in [3.8, 4) is 0 Å². The van der Waals surface area contributed by atoms with Crippen LogP contribution in [0.25, 0.3) is 0 Å². The summed E-state index contributed by atoms with van der Waals surface area (Å²) < 4.78 is 26.9. The molecule has 3 N–H and O–H groups in total. The van der Waals surface area contributed by atoms with E-state index in [1.165, 1.54) is 24.3 Å². The van der Waals surface area contributed by atoms with Crippen molar-refractivity contribution in [1.82, 2.24) is 4.72 Å². The third-order valence-electron chi connectivity index (χ3n) is 3.49. The Kier molecular flexibility index (Phi) is 6.41. The number of amides is 2. The highest BCUT2D eigenvalue weighted by molar-refractivity contribution is 7.89. The lowest BCUT2D eigenvalue weighted by atomic mass is 10.3. The number of sulfonamides is 1. The molecule has 25 heavy (non-hydrogen) atoms. The van der Waals surface area contributed by atoms with Gasteiger partial charge in [0.05, 0.1) is 4.90 Å². The van der Waals surface area contributed by atoms with Crippen molar-refractivity contribution in [3.63, 3.8) is 0 Å². The lowest BCUT2D eigenvalue weighted by molar-refractivity contribution is 0.262. The SMILES string of the molecule is CCC(C)NS(=O)(=O)c1ccc(NC(=O)Nc2ccc(Cl)cc2)cc1. The Bertz CT molecular complexity index is 821. The molecule has 2 aromatic carbocycles. The fraction of sp³-hybridized carbons (Fsp3) is 0.235. The Morgan fingerprint density at radius 2 is 1.48 bits per heavy atom. The molecule has 1 atom stereocenters. The van der Waals surface area contributed by atoms with E-state index in [4.69, 9.17) is 11.6 Å². The van der Waals surface area contributed by atoms with Crippen molar-refractivity contribution in [2.45, 2.75) is 31.2 Å². The molecular formula is C17H20ClN3O3S. The Morgan fingerprint density at radius 3 is 1.96 bits per heavy atom. The minimum absolute atomic E-state index is 0.145. The Morgan fingerprint density at radius 1 is 1.00 bits per heavy atom. The molecule has 2 aromatic rings. The molecule has 0 saturated heterocycles. The van der Waals surface area contributed by atoms with Gasteiger partial charge in [-0.25, -0.2) is 17.9 Å². The predicted octanol–water partition coefficient (Wildman–Crippen LogP) is 4.06. The number of anilines is 2. The van der Waals surface area contributed by atoms with E-state index in [1.54, 1.807) is 31.2 Å². The number of carbonyl (C=O) groups excluding carboxylic acids is 1. The molecule has 0 aliphatic rings. The minimum atomic E-state index is -3.56. The van der Waals surface area contributed by atoms with E-state index in [2.05, 4.69) is 15.4 Å². The number of hydrogen-bond donors (Lipinski definition) is 3. The molecular weight excluding hydrogens is 362 g/mol. The zero-order valence-corrected chi connectivity index (χ0v) is 15.5. The lowest BCUT2D eigenvalue weighted by Gasteiger charge is -2.12. The van der Waals surface area contributed by atoms with Crippen molar-refractivity contribution < 1.29 is 13.2 Å². The monoisotopic (exact) mass is 381 g/mol. The van der Waals surface area contributed by atoms with E-state index in [1.807, 2.05) is 6.92 Å². The second-order valence-corrected chi connectivity index (χ2v) is 7.69. The summed E-state index contributed by atoms with van der Waals surface area (Å²) in [5, 5.41) is 5.87. The molecule has 2 rings (SSSR count). The number of carbonyl (C=O) groups is 1. The molecule has 6 nitrogen and oxygen atoms in total. The third-order valence-corrected chi connectivity index (χ3v) is 5.35. The predicted molar refractivity (Wildman–Crippen MR) is 101 cm³/mol. The summed E-state index contributed by atoms with van der Waals surface area (Å²) >= 11 is 5.79. The molecule has 0 aliphatic heterocycles. The van der Waals surface area contributed by atoms with Gasteiger partial charge < -0.3 is 10.6 Å². The summed E-state index contributed by atoms with van der Waals surface area (Å²) in [5.74, 6) is 0. The maximum atomic E-state index is 12.2. The first-order chi connectivity index (χ1) is 11.8. The van der Waals surface area contributed by atoms with Crippen LogP contribution in [0, 0.1) is 0 Å². The van der Waals surface area contributed by atoms with Crippen LogP contribution in [0.1, 0.15) is 20.3 Å². The number of nitrogens with one attached hydrogen (secondary N) is 3. The van der Waals surface area contributed by atoms with E-state index in [9.17, 15) is 13.2 Å². The largest absolute Gasteiger partial charge is 0.323 e. The van der Waals surface area contributed by atoms with Gasteiger partial charge in [0.1, 0.15) is 0 Å². The first-order valence-electron chi connectivity index (χ1n) is 7.76. The summed E-state index contributed by atoms with van der Waals surface area (Å²) in [4.78, 5) is 12.1. The molecule has 0 saturated carbocycles. The van der Waals surface area contributed by atoms with Gasteiger partial charge in [-0.1, -0.05) is 18.5 Å². The van der Waals surface area contributed by atoms with Crippen molar-refractivity contribution in [2.24, 2.45) is 0 Å². The van der Waals surface area contributed by atoms with Crippen molar-refractivity contribution >= 4 is 39.0 Å². The molecule has 1 unspecified atom stereocenters. The van der Waals surface area contributed by atoms with Crippen molar-refractivity contribution in [3.05, 3.63) is 53.6 Å². The van der Waals surface area contributed by atoms with Gasteiger partial charge in [-0.15, -0.1) is 0 Å². The third kappa shape index (κ3) is 5.74. The van der Waals surface area contributed by atoms with Gasteiger partial charge in [-0.2, -0.15) is 0 Å². The summed E-state index contributed by atoms with van der Waals surface area (Å²) in [5.41, 5.74) is 1.08.